The zero-order valence-electron chi connectivity index (χ0n) is 14.0. The van der Waals surface area contributed by atoms with Crippen LogP contribution in [0.4, 0.5) is 0 Å². The molecule has 0 amide bonds. The van der Waals surface area contributed by atoms with Gasteiger partial charge in [-0.25, -0.2) is 0 Å². The van der Waals surface area contributed by atoms with Crippen LogP contribution in [-0.2, 0) is 0 Å². The average Bonchev–Trinajstić information content (AvgIpc) is 2.73. The molecular weight excluding hydrogens is 262 g/mol. The van der Waals surface area contributed by atoms with E-state index in [2.05, 4.69) is 39.1 Å². The fourth-order valence-corrected chi connectivity index (χ4v) is 3.21. The van der Waals surface area contributed by atoms with E-state index in [-0.39, 0.29) is 11.5 Å². The average molecular weight is 291 g/mol. The molecule has 0 heterocycles. The zero-order chi connectivity index (χ0) is 15.5. The molecular formula is C18H29NO2. The van der Waals surface area contributed by atoms with Crippen molar-refractivity contribution in [3.8, 4) is 11.5 Å². The highest BCUT2D eigenvalue weighted by atomic mass is 16.5. The summed E-state index contributed by atoms with van der Waals surface area (Å²) in [5.74, 6) is 1.68. The minimum Gasteiger partial charge on any atom is -0.493 e. The number of methoxy groups -OCH3 is 1. The van der Waals surface area contributed by atoms with Gasteiger partial charge in [-0.2, -0.15) is 0 Å². The van der Waals surface area contributed by atoms with Gasteiger partial charge >= 0.3 is 0 Å². The molecule has 0 bridgehead atoms. The van der Waals surface area contributed by atoms with Crippen LogP contribution in [0.5, 0.6) is 11.5 Å². The van der Waals surface area contributed by atoms with Crippen molar-refractivity contribution in [2.75, 3.05) is 13.7 Å². The molecule has 3 heteroatoms. The van der Waals surface area contributed by atoms with Crippen LogP contribution in [0.2, 0.25) is 0 Å². The molecule has 21 heavy (non-hydrogen) atoms. The molecule has 1 aromatic carbocycles. The highest BCUT2D eigenvalue weighted by molar-refractivity contribution is 5.42. The van der Waals surface area contributed by atoms with E-state index in [1.54, 1.807) is 7.11 Å². The molecule has 3 nitrogen and oxygen atoms in total. The first-order chi connectivity index (χ1) is 9.97. The Morgan fingerprint density at radius 1 is 1.29 bits per heavy atom. The predicted molar refractivity (Wildman–Crippen MR) is 87.2 cm³/mol. The quantitative estimate of drug-likeness (QED) is 0.861. The summed E-state index contributed by atoms with van der Waals surface area (Å²) in [6, 6.07) is 6.52. The van der Waals surface area contributed by atoms with Gasteiger partial charge in [0, 0.05) is 6.04 Å². The lowest BCUT2D eigenvalue weighted by molar-refractivity contribution is 0.136. The van der Waals surface area contributed by atoms with Crippen LogP contribution in [0.15, 0.2) is 18.2 Å². The molecule has 1 saturated carbocycles. The summed E-state index contributed by atoms with van der Waals surface area (Å²) in [6.45, 7) is 9.97. The largest absolute Gasteiger partial charge is 0.493 e. The van der Waals surface area contributed by atoms with Crippen molar-refractivity contribution in [2.24, 2.45) is 5.41 Å². The summed E-state index contributed by atoms with van der Waals surface area (Å²) in [7, 11) is 1.70. The zero-order valence-corrected chi connectivity index (χ0v) is 14.0. The molecule has 1 aliphatic carbocycles. The SMILES string of the molecule is CCCNC1C(Oc2ccc(C)cc2OC)CCC1(C)C. The van der Waals surface area contributed by atoms with Crippen molar-refractivity contribution < 1.29 is 9.47 Å². The minimum atomic E-state index is 0.211. The standard InChI is InChI=1S/C18H29NO2/c1-6-11-19-17-15(9-10-18(17,3)4)21-14-8-7-13(2)12-16(14)20-5/h7-8,12,15,17,19H,6,9-11H2,1-5H3. The van der Waals surface area contributed by atoms with Crippen molar-refractivity contribution in [3.63, 3.8) is 0 Å². The van der Waals surface area contributed by atoms with Crippen molar-refractivity contribution in [1.82, 2.24) is 5.32 Å². The third-order valence-electron chi connectivity index (χ3n) is 4.50. The lowest BCUT2D eigenvalue weighted by atomic mass is 9.87. The van der Waals surface area contributed by atoms with Crippen molar-refractivity contribution in [2.45, 2.75) is 59.1 Å². The van der Waals surface area contributed by atoms with Crippen molar-refractivity contribution in [1.29, 1.82) is 0 Å². The monoisotopic (exact) mass is 291 g/mol. The molecule has 118 valence electrons. The van der Waals surface area contributed by atoms with Crippen molar-refractivity contribution in [3.05, 3.63) is 23.8 Å². The van der Waals surface area contributed by atoms with E-state index in [1.807, 2.05) is 12.1 Å². The third kappa shape index (κ3) is 3.70. The third-order valence-corrected chi connectivity index (χ3v) is 4.50. The van der Waals surface area contributed by atoms with Crippen LogP contribution >= 0.6 is 0 Å². The molecule has 2 atom stereocenters. The number of benzene rings is 1. The second-order valence-electron chi connectivity index (χ2n) is 6.77. The van der Waals surface area contributed by atoms with Crippen molar-refractivity contribution >= 4 is 0 Å². The summed E-state index contributed by atoms with van der Waals surface area (Å²) in [4.78, 5) is 0. The van der Waals surface area contributed by atoms with E-state index < -0.39 is 0 Å². The second-order valence-corrected chi connectivity index (χ2v) is 6.77. The van der Waals surface area contributed by atoms with Gasteiger partial charge in [0.05, 0.1) is 7.11 Å². The summed E-state index contributed by atoms with van der Waals surface area (Å²) in [6.07, 6.45) is 3.63. The van der Waals surface area contributed by atoms with E-state index in [0.29, 0.717) is 6.04 Å². The molecule has 0 spiro atoms. The van der Waals surface area contributed by atoms with Gasteiger partial charge in [0.1, 0.15) is 6.10 Å². The molecule has 1 fully saturated rings. The first kappa shape index (κ1) is 16.2. The number of hydrogen-bond acceptors (Lipinski definition) is 3. The molecule has 0 radical (unpaired) electrons. The Bertz CT molecular complexity index is 470. The number of ether oxygens (including phenoxy) is 2. The first-order valence-electron chi connectivity index (χ1n) is 8.02. The molecule has 0 aliphatic heterocycles. The van der Waals surface area contributed by atoms with Gasteiger partial charge in [0.2, 0.25) is 0 Å². The Hall–Kier alpha value is -1.22. The number of aryl methyl sites for hydroxylation is 1. The smallest absolute Gasteiger partial charge is 0.161 e. The van der Waals surface area contributed by atoms with Gasteiger partial charge in [0.15, 0.2) is 11.5 Å². The second kappa shape index (κ2) is 6.69. The molecule has 0 aromatic heterocycles. The Kier molecular flexibility index (Phi) is 5.15. The van der Waals surface area contributed by atoms with Crippen LogP contribution in [0.25, 0.3) is 0 Å². The lowest BCUT2D eigenvalue weighted by Gasteiger charge is -2.32. The minimum absolute atomic E-state index is 0.211. The summed E-state index contributed by atoms with van der Waals surface area (Å²) >= 11 is 0. The fraction of sp³-hybridized carbons (Fsp3) is 0.667. The molecule has 1 aliphatic rings. The molecule has 0 saturated heterocycles. The highest BCUT2D eigenvalue weighted by Gasteiger charge is 2.43. The van der Waals surface area contributed by atoms with Crippen LogP contribution < -0.4 is 14.8 Å². The summed E-state index contributed by atoms with van der Waals surface area (Å²) in [5, 5.41) is 3.67. The normalized spacial score (nSPS) is 24.0. The van der Waals surface area contributed by atoms with Gasteiger partial charge in [-0.05, 0) is 55.8 Å². The molecule has 1 N–H and O–H groups in total. The van der Waals surface area contributed by atoms with Gasteiger partial charge in [-0.1, -0.05) is 26.8 Å². The maximum Gasteiger partial charge on any atom is 0.161 e. The van der Waals surface area contributed by atoms with E-state index in [0.717, 1.165) is 30.9 Å². The number of rotatable bonds is 6. The van der Waals surface area contributed by atoms with Crippen LogP contribution in [0.1, 0.15) is 45.6 Å². The molecule has 2 rings (SSSR count). The number of nitrogens with one attached hydrogen (secondary N) is 1. The molecule has 2 unspecified atom stereocenters. The van der Waals surface area contributed by atoms with Crippen LogP contribution in [0.3, 0.4) is 0 Å². The maximum atomic E-state index is 6.31. The van der Waals surface area contributed by atoms with Crippen LogP contribution in [0, 0.1) is 12.3 Å². The Labute approximate surface area is 129 Å². The topological polar surface area (TPSA) is 30.5 Å². The van der Waals surface area contributed by atoms with Gasteiger partial charge in [-0.3, -0.25) is 0 Å². The van der Waals surface area contributed by atoms with Gasteiger partial charge in [0.25, 0.3) is 0 Å². The summed E-state index contributed by atoms with van der Waals surface area (Å²) < 4.78 is 11.8. The van der Waals surface area contributed by atoms with Gasteiger partial charge in [-0.15, -0.1) is 0 Å². The fourth-order valence-electron chi connectivity index (χ4n) is 3.21. The van der Waals surface area contributed by atoms with Gasteiger partial charge < -0.3 is 14.8 Å². The summed E-state index contributed by atoms with van der Waals surface area (Å²) in [5.41, 5.74) is 1.46. The Morgan fingerprint density at radius 3 is 2.71 bits per heavy atom. The lowest BCUT2D eigenvalue weighted by Crippen LogP contribution is -2.47. The molecule has 1 aromatic rings. The van der Waals surface area contributed by atoms with E-state index >= 15 is 0 Å². The Morgan fingerprint density at radius 2 is 2.05 bits per heavy atom. The van der Waals surface area contributed by atoms with E-state index in [9.17, 15) is 0 Å². The first-order valence-corrected chi connectivity index (χ1v) is 8.02. The highest BCUT2D eigenvalue weighted by Crippen LogP contribution is 2.41. The van der Waals surface area contributed by atoms with E-state index in [1.165, 1.54) is 12.0 Å². The number of hydrogen-bond donors (Lipinski definition) is 1. The van der Waals surface area contributed by atoms with E-state index in [4.69, 9.17) is 9.47 Å². The predicted octanol–water partition coefficient (Wildman–Crippen LogP) is 3.94. The van der Waals surface area contributed by atoms with Crippen LogP contribution in [-0.4, -0.2) is 25.8 Å². The maximum absolute atomic E-state index is 6.31. The Balaban J connectivity index is 2.14.